The summed E-state index contributed by atoms with van der Waals surface area (Å²) < 4.78 is 0. The molecule has 1 N–H and O–H groups in total. The third-order valence-corrected chi connectivity index (χ3v) is 4.40. The number of thiophene rings is 1. The lowest BCUT2D eigenvalue weighted by Crippen LogP contribution is -2.29. The van der Waals surface area contributed by atoms with Gasteiger partial charge in [0.05, 0.1) is 0 Å². The second kappa shape index (κ2) is 7.54. The van der Waals surface area contributed by atoms with Gasteiger partial charge in [0, 0.05) is 13.1 Å². The van der Waals surface area contributed by atoms with Crippen LogP contribution in [0.4, 0.5) is 0 Å². The molecule has 0 saturated heterocycles. The summed E-state index contributed by atoms with van der Waals surface area (Å²) in [7, 11) is 0. The molecule has 3 nitrogen and oxygen atoms in total. The Morgan fingerprint density at radius 1 is 1.39 bits per heavy atom. The first-order valence-corrected chi connectivity index (χ1v) is 7.52. The standard InChI is InChI=1S/C14H23NO2S/c1-4-11(5-2)9-15(6-3)10-12-7-8-18-13(12)14(16)17/h7-8,11H,4-6,9-10H2,1-3H3,(H,16,17). The largest absolute Gasteiger partial charge is 0.477 e. The summed E-state index contributed by atoms with van der Waals surface area (Å²) in [6.45, 7) is 9.34. The number of hydrogen-bond acceptors (Lipinski definition) is 3. The predicted molar refractivity (Wildman–Crippen MR) is 76.3 cm³/mol. The van der Waals surface area contributed by atoms with Gasteiger partial charge in [-0.3, -0.25) is 4.90 Å². The Hall–Kier alpha value is -0.870. The highest BCUT2D eigenvalue weighted by molar-refractivity contribution is 7.12. The lowest BCUT2D eigenvalue weighted by molar-refractivity contribution is 0.0700. The molecule has 0 saturated carbocycles. The maximum Gasteiger partial charge on any atom is 0.346 e. The molecular formula is C14H23NO2S. The molecule has 0 aliphatic heterocycles. The number of carboxylic acid groups (broad SMARTS) is 1. The van der Waals surface area contributed by atoms with E-state index >= 15 is 0 Å². The van der Waals surface area contributed by atoms with E-state index in [0.29, 0.717) is 10.8 Å². The topological polar surface area (TPSA) is 40.5 Å². The molecule has 1 rings (SSSR count). The van der Waals surface area contributed by atoms with Gasteiger partial charge in [0.1, 0.15) is 4.88 Å². The Morgan fingerprint density at radius 2 is 2.06 bits per heavy atom. The van der Waals surface area contributed by atoms with Crippen LogP contribution in [0.25, 0.3) is 0 Å². The van der Waals surface area contributed by atoms with Crippen molar-refractivity contribution in [2.75, 3.05) is 13.1 Å². The number of aromatic carboxylic acids is 1. The van der Waals surface area contributed by atoms with Crippen molar-refractivity contribution in [1.82, 2.24) is 4.90 Å². The minimum absolute atomic E-state index is 0.484. The molecule has 0 spiro atoms. The van der Waals surface area contributed by atoms with E-state index in [1.54, 1.807) is 0 Å². The van der Waals surface area contributed by atoms with Crippen LogP contribution in [0.1, 0.15) is 48.8 Å². The maximum absolute atomic E-state index is 11.1. The van der Waals surface area contributed by atoms with Gasteiger partial charge in [-0.1, -0.05) is 33.6 Å². The van der Waals surface area contributed by atoms with E-state index in [9.17, 15) is 4.79 Å². The summed E-state index contributed by atoms with van der Waals surface area (Å²) in [6, 6.07) is 1.93. The molecular weight excluding hydrogens is 246 g/mol. The van der Waals surface area contributed by atoms with E-state index in [-0.39, 0.29) is 0 Å². The van der Waals surface area contributed by atoms with Gasteiger partial charge in [-0.25, -0.2) is 4.79 Å². The predicted octanol–water partition coefficient (Wildman–Crippen LogP) is 3.70. The quantitative estimate of drug-likeness (QED) is 0.782. The molecule has 102 valence electrons. The van der Waals surface area contributed by atoms with E-state index in [2.05, 4.69) is 25.7 Å². The number of carboxylic acids is 1. The van der Waals surface area contributed by atoms with Crippen molar-refractivity contribution >= 4 is 17.3 Å². The molecule has 1 aromatic rings. The van der Waals surface area contributed by atoms with Gasteiger partial charge in [0.2, 0.25) is 0 Å². The fraction of sp³-hybridized carbons (Fsp3) is 0.643. The zero-order chi connectivity index (χ0) is 13.5. The van der Waals surface area contributed by atoms with Crippen LogP contribution in [0.15, 0.2) is 11.4 Å². The van der Waals surface area contributed by atoms with Gasteiger partial charge in [-0.05, 0) is 29.5 Å². The second-order valence-corrected chi connectivity index (χ2v) is 5.51. The van der Waals surface area contributed by atoms with Crippen molar-refractivity contribution in [2.45, 2.75) is 40.2 Å². The van der Waals surface area contributed by atoms with Crippen LogP contribution in [0, 0.1) is 5.92 Å². The zero-order valence-corrected chi connectivity index (χ0v) is 12.3. The fourth-order valence-electron chi connectivity index (χ4n) is 2.11. The highest BCUT2D eigenvalue weighted by Gasteiger charge is 2.16. The number of rotatable bonds is 8. The Morgan fingerprint density at radius 3 is 2.56 bits per heavy atom. The third kappa shape index (κ3) is 4.10. The second-order valence-electron chi connectivity index (χ2n) is 4.59. The summed E-state index contributed by atoms with van der Waals surface area (Å²) in [5, 5.41) is 11.0. The monoisotopic (exact) mass is 269 g/mol. The molecule has 0 aromatic carbocycles. The lowest BCUT2D eigenvalue weighted by Gasteiger charge is -2.25. The molecule has 0 fully saturated rings. The molecule has 18 heavy (non-hydrogen) atoms. The Kier molecular flexibility index (Phi) is 6.36. The highest BCUT2D eigenvalue weighted by Crippen LogP contribution is 2.20. The van der Waals surface area contributed by atoms with Gasteiger partial charge in [0.15, 0.2) is 0 Å². The van der Waals surface area contributed by atoms with Gasteiger partial charge in [-0.2, -0.15) is 0 Å². The molecule has 0 radical (unpaired) electrons. The molecule has 0 atom stereocenters. The molecule has 0 aliphatic rings. The average Bonchev–Trinajstić information content (AvgIpc) is 2.82. The first-order valence-electron chi connectivity index (χ1n) is 6.64. The van der Waals surface area contributed by atoms with Crippen LogP contribution in [-0.2, 0) is 6.54 Å². The smallest absolute Gasteiger partial charge is 0.346 e. The van der Waals surface area contributed by atoms with Gasteiger partial charge < -0.3 is 5.11 Å². The fourth-order valence-corrected chi connectivity index (χ4v) is 2.86. The molecule has 0 amide bonds. The molecule has 0 bridgehead atoms. The highest BCUT2D eigenvalue weighted by atomic mass is 32.1. The van der Waals surface area contributed by atoms with Crippen molar-refractivity contribution < 1.29 is 9.90 Å². The van der Waals surface area contributed by atoms with Crippen LogP contribution in [0.3, 0.4) is 0 Å². The molecule has 0 unspecified atom stereocenters. The van der Waals surface area contributed by atoms with Crippen molar-refractivity contribution in [3.8, 4) is 0 Å². The van der Waals surface area contributed by atoms with E-state index < -0.39 is 5.97 Å². The SMILES string of the molecule is CCC(CC)CN(CC)Cc1ccsc1C(=O)O. The van der Waals surface area contributed by atoms with Gasteiger partial charge >= 0.3 is 5.97 Å². The van der Waals surface area contributed by atoms with Crippen molar-refractivity contribution in [1.29, 1.82) is 0 Å². The molecule has 4 heteroatoms. The summed E-state index contributed by atoms with van der Waals surface area (Å²) in [5.41, 5.74) is 0.945. The van der Waals surface area contributed by atoms with Crippen molar-refractivity contribution in [3.63, 3.8) is 0 Å². The molecule has 1 aromatic heterocycles. The number of hydrogen-bond donors (Lipinski definition) is 1. The van der Waals surface area contributed by atoms with E-state index in [1.807, 2.05) is 11.4 Å². The van der Waals surface area contributed by atoms with Gasteiger partial charge in [0.25, 0.3) is 0 Å². The van der Waals surface area contributed by atoms with Crippen LogP contribution in [0.2, 0.25) is 0 Å². The minimum atomic E-state index is -0.807. The Bertz CT molecular complexity index is 372. The lowest BCUT2D eigenvalue weighted by atomic mass is 10.0. The maximum atomic E-state index is 11.1. The zero-order valence-electron chi connectivity index (χ0n) is 11.5. The van der Waals surface area contributed by atoms with Crippen LogP contribution >= 0.6 is 11.3 Å². The summed E-state index contributed by atoms with van der Waals surface area (Å²) in [6.07, 6.45) is 2.37. The van der Waals surface area contributed by atoms with E-state index in [4.69, 9.17) is 5.11 Å². The third-order valence-electron chi connectivity index (χ3n) is 3.45. The van der Waals surface area contributed by atoms with Crippen LogP contribution in [0.5, 0.6) is 0 Å². The average molecular weight is 269 g/mol. The normalized spacial score (nSPS) is 11.4. The number of carbonyl (C=O) groups is 1. The van der Waals surface area contributed by atoms with E-state index in [0.717, 1.165) is 25.2 Å². The number of nitrogens with zero attached hydrogens (tertiary/aromatic N) is 1. The minimum Gasteiger partial charge on any atom is -0.477 e. The Balaban J connectivity index is 2.67. The van der Waals surface area contributed by atoms with E-state index in [1.165, 1.54) is 24.2 Å². The van der Waals surface area contributed by atoms with Crippen molar-refractivity contribution in [3.05, 3.63) is 21.9 Å². The first kappa shape index (κ1) is 15.2. The molecule has 1 heterocycles. The van der Waals surface area contributed by atoms with Crippen LogP contribution in [-0.4, -0.2) is 29.1 Å². The van der Waals surface area contributed by atoms with Crippen molar-refractivity contribution in [2.24, 2.45) is 5.92 Å². The Labute approximate surface area is 113 Å². The summed E-state index contributed by atoms with van der Waals surface area (Å²) in [5.74, 6) is -0.101. The summed E-state index contributed by atoms with van der Waals surface area (Å²) >= 11 is 1.31. The van der Waals surface area contributed by atoms with Crippen LogP contribution < -0.4 is 0 Å². The molecule has 0 aliphatic carbocycles. The first-order chi connectivity index (χ1) is 8.62. The van der Waals surface area contributed by atoms with Gasteiger partial charge in [-0.15, -0.1) is 11.3 Å². The summed E-state index contributed by atoms with van der Waals surface area (Å²) in [4.78, 5) is 13.9.